The van der Waals surface area contributed by atoms with Gasteiger partial charge in [-0.25, -0.2) is 13.4 Å². The van der Waals surface area contributed by atoms with E-state index in [0.717, 1.165) is 23.4 Å². The van der Waals surface area contributed by atoms with Gasteiger partial charge in [0.15, 0.2) is 0 Å². The van der Waals surface area contributed by atoms with Crippen LogP contribution in [0.3, 0.4) is 0 Å². The molecule has 0 saturated heterocycles. The maximum Gasteiger partial charge on any atom is 0.228 e. The van der Waals surface area contributed by atoms with Crippen molar-refractivity contribution >= 4 is 9.84 Å². The van der Waals surface area contributed by atoms with Gasteiger partial charge < -0.3 is 9.09 Å². The third-order valence-corrected chi connectivity index (χ3v) is 7.28. The molecule has 1 atom stereocenters. The predicted octanol–water partition coefficient (Wildman–Crippen LogP) is 3.49. The van der Waals surface area contributed by atoms with Gasteiger partial charge in [0.2, 0.25) is 15.0 Å². The second-order valence-electron chi connectivity index (χ2n) is 7.53. The van der Waals surface area contributed by atoms with Crippen molar-refractivity contribution in [2.45, 2.75) is 56.7 Å². The predicted molar refractivity (Wildman–Crippen MR) is 111 cm³/mol. The number of benzene rings is 1. The molecule has 2 aromatic heterocycles. The molecule has 0 aliphatic heterocycles. The van der Waals surface area contributed by atoms with E-state index < -0.39 is 15.1 Å². The standard InChI is InChI=1S/C21H28N4O3S/c1-16(2)29(26,27)21-22-14-19(15-24(4)17(3)20-11-13-28-23-20)25(21)12-10-18-8-6-5-7-9-18/h5-9,11,13-14,16-17H,10,12,15H2,1-4H3/t17-/m1/s1. The monoisotopic (exact) mass is 416 g/mol. The van der Waals surface area contributed by atoms with Crippen molar-refractivity contribution in [3.63, 3.8) is 0 Å². The third kappa shape index (κ3) is 4.76. The van der Waals surface area contributed by atoms with E-state index in [9.17, 15) is 8.42 Å². The van der Waals surface area contributed by atoms with Crippen LogP contribution in [0.5, 0.6) is 0 Å². The van der Waals surface area contributed by atoms with Crippen molar-refractivity contribution in [3.05, 3.63) is 65.8 Å². The number of hydrogen-bond donors (Lipinski definition) is 0. The molecule has 3 rings (SSSR count). The first-order valence-electron chi connectivity index (χ1n) is 9.73. The molecule has 1 aromatic carbocycles. The Kier molecular flexibility index (Phi) is 6.54. The Morgan fingerprint density at radius 2 is 1.86 bits per heavy atom. The Morgan fingerprint density at radius 1 is 1.14 bits per heavy atom. The van der Waals surface area contributed by atoms with E-state index in [4.69, 9.17) is 4.52 Å². The molecule has 8 heteroatoms. The molecule has 0 radical (unpaired) electrons. The fraction of sp³-hybridized carbons (Fsp3) is 0.429. The van der Waals surface area contributed by atoms with Gasteiger partial charge >= 0.3 is 0 Å². The van der Waals surface area contributed by atoms with E-state index in [1.807, 2.05) is 54.9 Å². The lowest BCUT2D eigenvalue weighted by Crippen LogP contribution is -2.25. The van der Waals surface area contributed by atoms with Gasteiger partial charge in [-0.05, 0) is 39.8 Å². The van der Waals surface area contributed by atoms with Crippen molar-refractivity contribution in [2.75, 3.05) is 7.05 Å². The molecule has 0 saturated carbocycles. The molecule has 0 spiro atoms. The number of nitrogens with zero attached hydrogens (tertiary/aromatic N) is 4. The number of hydrogen-bond acceptors (Lipinski definition) is 6. The van der Waals surface area contributed by atoms with Crippen LogP contribution in [0.1, 0.15) is 43.8 Å². The highest BCUT2D eigenvalue weighted by molar-refractivity contribution is 7.91. The minimum atomic E-state index is -3.48. The zero-order valence-electron chi connectivity index (χ0n) is 17.3. The Bertz CT molecular complexity index is 1010. The summed E-state index contributed by atoms with van der Waals surface area (Å²) >= 11 is 0. The topological polar surface area (TPSA) is 81.2 Å². The van der Waals surface area contributed by atoms with E-state index >= 15 is 0 Å². The first-order valence-corrected chi connectivity index (χ1v) is 11.3. The highest BCUT2D eigenvalue weighted by atomic mass is 32.2. The summed E-state index contributed by atoms with van der Waals surface area (Å²) in [6, 6.07) is 11.9. The van der Waals surface area contributed by atoms with Crippen LogP contribution in [0.15, 0.2) is 58.5 Å². The summed E-state index contributed by atoms with van der Waals surface area (Å²) in [6.07, 6.45) is 3.96. The third-order valence-electron chi connectivity index (χ3n) is 5.20. The largest absolute Gasteiger partial charge is 0.364 e. The highest BCUT2D eigenvalue weighted by Crippen LogP contribution is 2.22. The fourth-order valence-corrected chi connectivity index (χ4v) is 4.27. The zero-order valence-corrected chi connectivity index (χ0v) is 18.1. The molecule has 0 bridgehead atoms. The Hall–Kier alpha value is -2.45. The number of sulfone groups is 1. The maximum atomic E-state index is 12.9. The molecule has 0 amide bonds. The molecular formula is C21H28N4O3S. The van der Waals surface area contributed by atoms with Gasteiger partial charge in [-0.3, -0.25) is 4.90 Å². The average Bonchev–Trinajstić information content (AvgIpc) is 3.37. The Labute approximate surface area is 172 Å². The first kappa shape index (κ1) is 21.3. The van der Waals surface area contributed by atoms with Crippen LogP contribution in [0.4, 0.5) is 0 Å². The maximum absolute atomic E-state index is 12.9. The van der Waals surface area contributed by atoms with E-state index in [-0.39, 0.29) is 11.2 Å². The van der Waals surface area contributed by atoms with E-state index in [1.165, 1.54) is 0 Å². The van der Waals surface area contributed by atoms with Crippen LogP contribution in [0, 0.1) is 0 Å². The molecule has 2 heterocycles. The molecule has 0 fully saturated rings. The average molecular weight is 417 g/mol. The minimum absolute atomic E-state index is 0.0244. The van der Waals surface area contributed by atoms with Gasteiger partial charge in [0.05, 0.1) is 23.2 Å². The summed E-state index contributed by atoms with van der Waals surface area (Å²) in [5.74, 6) is 0. The molecule has 156 valence electrons. The second-order valence-corrected chi connectivity index (χ2v) is 9.93. The van der Waals surface area contributed by atoms with E-state index in [0.29, 0.717) is 13.1 Å². The van der Waals surface area contributed by atoms with Gasteiger partial charge in [-0.2, -0.15) is 0 Å². The van der Waals surface area contributed by atoms with Crippen LogP contribution < -0.4 is 0 Å². The summed E-state index contributed by atoms with van der Waals surface area (Å²) < 4.78 is 32.5. The number of rotatable bonds is 9. The van der Waals surface area contributed by atoms with Crippen LogP contribution in [-0.4, -0.2) is 40.3 Å². The molecule has 0 aliphatic carbocycles. The molecule has 7 nitrogen and oxygen atoms in total. The van der Waals surface area contributed by atoms with E-state index in [2.05, 4.69) is 15.0 Å². The van der Waals surface area contributed by atoms with Gasteiger partial charge in [0.1, 0.15) is 12.0 Å². The van der Waals surface area contributed by atoms with Gasteiger partial charge in [0, 0.05) is 19.2 Å². The Balaban J connectivity index is 1.88. The van der Waals surface area contributed by atoms with Crippen molar-refractivity contribution in [1.82, 2.24) is 19.6 Å². The van der Waals surface area contributed by atoms with Crippen LogP contribution in [0.2, 0.25) is 0 Å². The lowest BCUT2D eigenvalue weighted by atomic mass is 10.1. The first-order chi connectivity index (χ1) is 13.8. The quantitative estimate of drug-likeness (QED) is 0.531. The molecule has 0 N–H and O–H groups in total. The van der Waals surface area contributed by atoms with Crippen molar-refractivity contribution in [3.8, 4) is 0 Å². The summed E-state index contributed by atoms with van der Waals surface area (Å²) in [5.41, 5.74) is 2.85. The van der Waals surface area contributed by atoms with Crippen molar-refractivity contribution in [2.24, 2.45) is 0 Å². The van der Waals surface area contributed by atoms with Crippen molar-refractivity contribution < 1.29 is 12.9 Å². The fourth-order valence-electron chi connectivity index (χ4n) is 3.14. The van der Waals surface area contributed by atoms with Crippen LogP contribution in [-0.2, 0) is 29.3 Å². The number of imidazole rings is 1. The summed E-state index contributed by atoms with van der Waals surface area (Å²) in [5, 5.41) is 3.62. The SMILES string of the molecule is CC(C)S(=O)(=O)c1ncc(CN(C)[C@H](C)c2ccon2)n1CCc1ccccc1. The molecule has 3 aromatic rings. The lowest BCUT2D eigenvalue weighted by molar-refractivity contribution is 0.234. The van der Waals surface area contributed by atoms with Crippen LogP contribution in [0.25, 0.3) is 0 Å². The van der Waals surface area contributed by atoms with E-state index in [1.54, 1.807) is 26.3 Å². The van der Waals surface area contributed by atoms with Crippen LogP contribution >= 0.6 is 0 Å². The minimum Gasteiger partial charge on any atom is -0.364 e. The number of aromatic nitrogens is 3. The molecule has 29 heavy (non-hydrogen) atoms. The summed E-state index contributed by atoms with van der Waals surface area (Å²) in [6.45, 7) is 6.50. The van der Waals surface area contributed by atoms with Gasteiger partial charge in [0.25, 0.3) is 0 Å². The van der Waals surface area contributed by atoms with Gasteiger partial charge in [-0.15, -0.1) is 0 Å². The zero-order chi connectivity index (χ0) is 21.0. The highest BCUT2D eigenvalue weighted by Gasteiger charge is 2.27. The molecular weight excluding hydrogens is 388 g/mol. The summed E-state index contributed by atoms with van der Waals surface area (Å²) in [7, 11) is -1.51. The normalized spacial score (nSPS) is 13.3. The smallest absolute Gasteiger partial charge is 0.228 e. The summed E-state index contributed by atoms with van der Waals surface area (Å²) in [4.78, 5) is 6.41. The van der Waals surface area contributed by atoms with Crippen molar-refractivity contribution in [1.29, 1.82) is 0 Å². The van der Waals surface area contributed by atoms with Gasteiger partial charge in [-0.1, -0.05) is 35.5 Å². The Morgan fingerprint density at radius 3 is 2.48 bits per heavy atom. The lowest BCUT2D eigenvalue weighted by Gasteiger charge is -2.23. The number of aryl methyl sites for hydroxylation is 1. The molecule has 0 aliphatic rings. The second kappa shape index (κ2) is 8.92. The molecule has 0 unspecified atom stereocenters.